The molecule has 0 fully saturated rings. The van der Waals surface area contributed by atoms with Gasteiger partial charge in [-0.25, -0.2) is 4.98 Å². The normalized spacial score (nSPS) is 10.8. The van der Waals surface area contributed by atoms with Crippen LogP contribution in [0.2, 0.25) is 5.02 Å². The van der Waals surface area contributed by atoms with Gasteiger partial charge in [0.05, 0.1) is 16.5 Å². The minimum Gasteiger partial charge on any atom is -0.348 e. The molecule has 0 unspecified atom stereocenters. The predicted octanol–water partition coefficient (Wildman–Crippen LogP) is 2.42. The maximum absolute atomic E-state index is 12.5. The van der Waals surface area contributed by atoms with E-state index in [4.69, 9.17) is 11.6 Å². The number of aromatic nitrogens is 2. The van der Waals surface area contributed by atoms with Crippen molar-refractivity contribution < 1.29 is 4.79 Å². The summed E-state index contributed by atoms with van der Waals surface area (Å²) >= 11 is 5.93. The summed E-state index contributed by atoms with van der Waals surface area (Å²) in [6, 6.07) is 8.16. The highest BCUT2D eigenvalue weighted by Crippen LogP contribution is 2.17. The summed E-state index contributed by atoms with van der Waals surface area (Å²) in [7, 11) is 0. The number of hydrogen-bond acceptors (Lipinski definition) is 3. The average molecular weight is 314 g/mol. The first kappa shape index (κ1) is 14.3. The van der Waals surface area contributed by atoms with Gasteiger partial charge in [0.2, 0.25) is 0 Å². The topological polar surface area (TPSA) is 63.5 Å². The second-order valence-electron chi connectivity index (χ2n) is 4.69. The fraction of sp³-hybridized carbons (Fsp3) is 0.0625. The zero-order chi connectivity index (χ0) is 15.7. The fourth-order valence-electron chi connectivity index (χ4n) is 2.24. The van der Waals surface area contributed by atoms with Gasteiger partial charge in [-0.05, 0) is 30.3 Å². The van der Waals surface area contributed by atoms with Crippen molar-refractivity contribution in [2.24, 2.45) is 0 Å². The zero-order valence-electron chi connectivity index (χ0n) is 11.5. The Balaban J connectivity index is 2.31. The van der Waals surface area contributed by atoms with Crippen molar-refractivity contribution >= 4 is 34.1 Å². The van der Waals surface area contributed by atoms with Crippen molar-refractivity contribution in [2.75, 3.05) is 6.54 Å². The molecule has 2 aromatic heterocycles. The largest absolute Gasteiger partial charge is 0.348 e. The Kier molecular flexibility index (Phi) is 3.65. The lowest BCUT2D eigenvalue weighted by Gasteiger charge is -2.08. The Hall–Kier alpha value is -2.66. The van der Waals surface area contributed by atoms with Crippen molar-refractivity contribution in [2.45, 2.75) is 0 Å². The Morgan fingerprint density at radius 1 is 1.41 bits per heavy atom. The lowest BCUT2D eigenvalue weighted by Crippen LogP contribution is -2.26. The number of fused-ring (bicyclic) bond motifs is 2. The molecule has 1 amide bonds. The molecule has 5 nitrogen and oxygen atoms in total. The number of rotatable bonds is 3. The molecular weight excluding hydrogens is 302 g/mol. The minimum atomic E-state index is -0.307. The molecule has 0 aliphatic rings. The molecule has 2 heterocycles. The molecule has 1 N–H and O–H groups in total. The third kappa shape index (κ3) is 2.35. The van der Waals surface area contributed by atoms with Crippen molar-refractivity contribution in [1.82, 2.24) is 14.7 Å². The molecule has 22 heavy (non-hydrogen) atoms. The number of halogens is 1. The number of amides is 1. The number of hydrogen-bond donors (Lipinski definition) is 1. The average Bonchev–Trinajstić information content (AvgIpc) is 2.53. The van der Waals surface area contributed by atoms with Crippen LogP contribution < -0.4 is 10.9 Å². The molecule has 110 valence electrons. The maximum atomic E-state index is 12.5. The lowest BCUT2D eigenvalue weighted by atomic mass is 10.2. The fourth-order valence-corrected chi connectivity index (χ4v) is 2.41. The van der Waals surface area contributed by atoms with Crippen molar-refractivity contribution in [3.05, 3.63) is 70.1 Å². The van der Waals surface area contributed by atoms with E-state index < -0.39 is 0 Å². The number of carbonyl (C=O) groups excluding carboxylic acids is 1. The Morgan fingerprint density at radius 2 is 2.23 bits per heavy atom. The SMILES string of the molecule is C=CCNC(=O)c1cccn2c(=O)c3cc(Cl)ccc3nc12. The van der Waals surface area contributed by atoms with E-state index in [0.29, 0.717) is 33.7 Å². The summed E-state index contributed by atoms with van der Waals surface area (Å²) in [6.45, 7) is 3.89. The molecular formula is C16H12ClN3O2. The Morgan fingerprint density at radius 3 is 3.00 bits per heavy atom. The standard InChI is InChI=1S/C16H12ClN3O2/c1-2-7-18-15(21)11-4-3-8-20-14(11)19-13-6-5-10(17)9-12(13)16(20)22/h2-6,8-9H,1,7H2,(H,18,21). The van der Waals surface area contributed by atoms with E-state index in [0.717, 1.165) is 0 Å². The third-order valence-electron chi connectivity index (χ3n) is 3.25. The van der Waals surface area contributed by atoms with Crippen molar-refractivity contribution in [1.29, 1.82) is 0 Å². The number of nitrogens with zero attached hydrogens (tertiary/aromatic N) is 2. The second kappa shape index (κ2) is 5.61. The van der Waals surface area contributed by atoms with Crippen LogP contribution in [0.1, 0.15) is 10.4 Å². The van der Waals surface area contributed by atoms with Crippen LogP contribution in [0.5, 0.6) is 0 Å². The van der Waals surface area contributed by atoms with Crippen LogP contribution in [-0.2, 0) is 0 Å². The van der Waals surface area contributed by atoms with Crippen LogP contribution in [0.4, 0.5) is 0 Å². The molecule has 0 bridgehead atoms. The van der Waals surface area contributed by atoms with Crippen LogP contribution in [-0.4, -0.2) is 21.8 Å². The van der Waals surface area contributed by atoms with Gasteiger partial charge in [0.1, 0.15) is 0 Å². The molecule has 0 saturated carbocycles. The molecule has 6 heteroatoms. The molecule has 0 aliphatic heterocycles. The molecule has 0 spiro atoms. The summed E-state index contributed by atoms with van der Waals surface area (Å²) < 4.78 is 1.35. The van der Waals surface area contributed by atoms with Crippen LogP contribution in [0.25, 0.3) is 16.6 Å². The van der Waals surface area contributed by atoms with Gasteiger partial charge in [-0.15, -0.1) is 6.58 Å². The van der Waals surface area contributed by atoms with E-state index in [1.165, 1.54) is 4.40 Å². The zero-order valence-corrected chi connectivity index (χ0v) is 12.3. The van der Waals surface area contributed by atoms with Gasteiger partial charge >= 0.3 is 0 Å². The number of nitrogens with one attached hydrogen (secondary N) is 1. The van der Waals surface area contributed by atoms with E-state index in [-0.39, 0.29) is 11.5 Å². The first-order valence-corrected chi connectivity index (χ1v) is 6.99. The van der Waals surface area contributed by atoms with E-state index >= 15 is 0 Å². The number of benzene rings is 1. The molecule has 0 saturated heterocycles. The summed E-state index contributed by atoms with van der Waals surface area (Å²) in [5.74, 6) is -0.307. The minimum absolute atomic E-state index is 0.263. The highest BCUT2D eigenvalue weighted by Gasteiger charge is 2.13. The summed E-state index contributed by atoms with van der Waals surface area (Å²) in [4.78, 5) is 29.2. The number of pyridine rings is 1. The summed E-state index contributed by atoms with van der Waals surface area (Å²) in [6.07, 6.45) is 3.16. The van der Waals surface area contributed by atoms with Crippen LogP contribution in [0, 0.1) is 0 Å². The van der Waals surface area contributed by atoms with Crippen LogP contribution in [0.15, 0.2) is 54.0 Å². The highest BCUT2D eigenvalue weighted by molar-refractivity contribution is 6.31. The van der Waals surface area contributed by atoms with Crippen molar-refractivity contribution in [3.8, 4) is 0 Å². The molecule has 1 aromatic carbocycles. The lowest BCUT2D eigenvalue weighted by molar-refractivity contribution is 0.0959. The molecule has 0 atom stereocenters. The van der Waals surface area contributed by atoms with Gasteiger partial charge in [0.15, 0.2) is 5.65 Å². The summed E-state index contributed by atoms with van der Waals surface area (Å²) in [5.41, 5.74) is 0.876. The van der Waals surface area contributed by atoms with Gasteiger partial charge in [0.25, 0.3) is 11.5 Å². The van der Waals surface area contributed by atoms with Gasteiger partial charge in [0, 0.05) is 17.8 Å². The van der Waals surface area contributed by atoms with Crippen molar-refractivity contribution in [3.63, 3.8) is 0 Å². The van der Waals surface area contributed by atoms with E-state index in [1.54, 1.807) is 42.6 Å². The molecule has 3 rings (SSSR count). The monoisotopic (exact) mass is 313 g/mol. The Bertz CT molecular complexity index is 963. The van der Waals surface area contributed by atoms with Crippen LogP contribution in [0.3, 0.4) is 0 Å². The number of carbonyl (C=O) groups is 1. The van der Waals surface area contributed by atoms with E-state index in [9.17, 15) is 9.59 Å². The first-order chi connectivity index (χ1) is 10.6. The van der Waals surface area contributed by atoms with E-state index in [2.05, 4.69) is 16.9 Å². The second-order valence-corrected chi connectivity index (χ2v) is 5.13. The highest BCUT2D eigenvalue weighted by atomic mass is 35.5. The summed E-state index contributed by atoms with van der Waals surface area (Å²) in [5, 5.41) is 3.56. The van der Waals surface area contributed by atoms with Gasteiger partial charge in [-0.2, -0.15) is 0 Å². The quantitative estimate of drug-likeness (QED) is 0.596. The Labute approximate surface area is 130 Å². The first-order valence-electron chi connectivity index (χ1n) is 6.61. The van der Waals surface area contributed by atoms with Gasteiger partial charge in [-0.1, -0.05) is 17.7 Å². The molecule has 0 aliphatic carbocycles. The third-order valence-corrected chi connectivity index (χ3v) is 3.49. The smallest absolute Gasteiger partial charge is 0.265 e. The molecule has 3 aromatic rings. The predicted molar refractivity (Wildman–Crippen MR) is 86.5 cm³/mol. The van der Waals surface area contributed by atoms with Gasteiger partial charge in [-0.3, -0.25) is 14.0 Å². The maximum Gasteiger partial charge on any atom is 0.265 e. The van der Waals surface area contributed by atoms with Crippen LogP contribution >= 0.6 is 11.6 Å². The van der Waals surface area contributed by atoms with Gasteiger partial charge < -0.3 is 5.32 Å². The molecule has 0 radical (unpaired) electrons. The van der Waals surface area contributed by atoms with E-state index in [1.807, 2.05) is 0 Å².